The monoisotopic (exact) mass is 356 g/mol. The molecule has 0 amide bonds. The standard InChI is InChI=1S/C20H21ClN2O2/c1-20(2)6-5-12-7-15(4-3-13(12)10-20)24-11-14-8-18-16(9-17(14)21)19(22)23-25-18/h3-4,7-9H,5-6,10-11H2,1-2H3,(H2,22,23). The molecule has 4 rings (SSSR count). The Morgan fingerprint density at radius 1 is 1.24 bits per heavy atom. The van der Waals surface area contributed by atoms with Crippen LogP contribution in [0.5, 0.6) is 5.75 Å². The molecule has 130 valence electrons. The van der Waals surface area contributed by atoms with Gasteiger partial charge in [-0.3, -0.25) is 0 Å². The number of halogens is 1. The molecular weight excluding hydrogens is 336 g/mol. The molecular formula is C20H21ClN2O2. The topological polar surface area (TPSA) is 61.3 Å². The molecule has 2 N–H and O–H groups in total. The Balaban J connectivity index is 1.53. The van der Waals surface area contributed by atoms with E-state index in [-0.39, 0.29) is 0 Å². The fourth-order valence-electron chi connectivity index (χ4n) is 3.46. The van der Waals surface area contributed by atoms with Crippen LogP contribution in [-0.2, 0) is 19.4 Å². The summed E-state index contributed by atoms with van der Waals surface area (Å²) >= 11 is 6.34. The van der Waals surface area contributed by atoms with Gasteiger partial charge in [0.05, 0.1) is 5.39 Å². The summed E-state index contributed by atoms with van der Waals surface area (Å²) in [7, 11) is 0. The average molecular weight is 357 g/mol. The highest BCUT2D eigenvalue weighted by molar-refractivity contribution is 6.32. The van der Waals surface area contributed by atoms with Crippen LogP contribution in [0.4, 0.5) is 5.82 Å². The van der Waals surface area contributed by atoms with Crippen LogP contribution in [0.15, 0.2) is 34.9 Å². The molecule has 1 aliphatic carbocycles. The number of nitrogen functional groups attached to an aromatic ring is 1. The quantitative estimate of drug-likeness (QED) is 0.704. The van der Waals surface area contributed by atoms with Crippen molar-refractivity contribution in [1.29, 1.82) is 0 Å². The minimum Gasteiger partial charge on any atom is -0.489 e. The number of ether oxygens (including phenoxy) is 1. The van der Waals surface area contributed by atoms with Crippen LogP contribution in [0, 0.1) is 5.41 Å². The summed E-state index contributed by atoms with van der Waals surface area (Å²) in [5.74, 6) is 1.22. The molecule has 0 radical (unpaired) electrons. The minimum atomic E-state index is 0.349. The molecule has 0 atom stereocenters. The number of aromatic nitrogens is 1. The lowest BCUT2D eigenvalue weighted by atomic mass is 9.74. The SMILES string of the molecule is CC1(C)CCc2cc(OCc3cc4onc(N)c4cc3Cl)ccc2C1. The largest absolute Gasteiger partial charge is 0.489 e. The first kappa shape index (κ1) is 16.3. The van der Waals surface area contributed by atoms with E-state index in [9.17, 15) is 0 Å². The first-order chi connectivity index (χ1) is 11.9. The van der Waals surface area contributed by atoms with E-state index in [1.807, 2.05) is 12.1 Å². The molecule has 1 heterocycles. The van der Waals surface area contributed by atoms with Crippen LogP contribution in [0.2, 0.25) is 5.02 Å². The number of fused-ring (bicyclic) bond motifs is 2. The number of aryl methyl sites for hydroxylation is 1. The number of rotatable bonds is 3. The second kappa shape index (κ2) is 5.95. The summed E-state index contributed by atoms with van der Waals surface area (Å²) in [5.41, 5.74) is 10.4. The highest BCUT2D eigenvalue weighted by atomic mass is 35.5. The van der Waals surface area contributed by atoms with Crippen molar-refractivity contribution in [3.05, 3.63) is 52.0 Å². The molecule has 0 fully saturated rings. The van der Waals surface area contributed by atoms with Gasteiger partial charge in [-0.2, -0.15) is 0 Å². The molecule has 25 heavy (non-hydrogen) atoms. The van der Waals surface area contributed by atoms with Crippen molar-refractivity contribution < 1.29 is 9.26 Å². The van der Waals surface area contributed by atoms with E-state index < -0.39 is 0 Å². The van der Waals surface area contributed by atoms with Gasteiger partial charge >= 0.3 is 0 Å². The number of nitrogens with two attached hydrogens (primary N) is 1. The molecule has 0 aliphatic heterocycles. The Hall–Kier alpha value is -2.20. The summed E-state index contributed by atoms with van der Waals surface area (Å²) in [5, 5.41) is 5.09. The van der Waals surface area contributed by atoms with Crippen LogP contribution in [-0.4, -0.2) is 5.16 Å². The molecule has 5 heteroatoms. The summed E-state index contributed by atoms with van der Waals surface area (Å²) < 4.78 is 11.2. The lowest BCUT2D eigenvalue weighted by Gasteiger charge is -2.31. The van der Waals surface area contributed by atoms with Gasteiger partial charge in [0.2, 0.25) is 0 Å². The molecule has 1 aromatic heterocycles. The molecule has 0 saturated heterocycles. The summed E-state index contributed by atoms with van der Waals surface area (Å²) in [4.78, 5) is 0. The van der Waals surface area contributed by atoms with Crippen molar-refractivity contribution in [3.8, 4) is 5.75 Å². The fraction of sp³-hybridized carbons (Fsp3) is 0.350. The third-order valence-corrected chi connectivity index (χ3v) is 5.33. The van der Waals surface area contributed by atoms with E-state index in [0.717, 1.165) is 29.5 Å². The maximum atomic E-state index is 6.34. The van der Waals surface area contributed by atoms with Gasteiger partial charge in [-0.1, -0.05) is 36.7 Å². The van der Waals surface area contributed by atoms with Gasteiger partial charge in [0, 0.05) is 10.6 Å². The Kier molecular flexibility index (Phi) is 3.88. The average Bonchev–Trinajstić information content (AvgIpc) is 2.92. The Morgan fingerprint density at radius 2 is 2.08 bits per heavy atom. The summed E-state index contributed by atoms with van der Waals surface area (Å²) in [6.45, 7) is 5.03. The van der Waals surface area contributed by atoms with Crippen LogP contribution < -0.4 is 10.5 Å². The summed E-state index contributed by atoms with van der Waals surface area (Å²) in [6.07, 6.45) is 3.43. The van der Waals surface area contributed by atoms with E-state index >= 15 is 0 Å². The van der Waals surface area contributed by atoms with Gasteiger partial charge in [-0.05, 0) is 60.1 Å². The molecule has 0 unspecified atom stereocenters. The number of hydrogen-bond acceptors (Lipinski definition) is 4. The first-order valence-electron chi connectivity index (χ1n) is 8.49. The van der Waals surface area contributed by atoms with Crippen molar-refractivity contribution in [3.63, 3.8) is 0 Å². The Bertz CT molecular complexity index is 946. The van der Waals surface area contributed by atoms with Gasteiger partial charge in [0.25, 0.3) is 0 Å². The normalized spacial score (nSPS) is 16.0. The van der Waals surface area contributed by atoms with Gasteiger partial charge in [0.1, 0.15) is 12.4 Å². The van der Waals surface area contributed by atoms with E-state index in [2.05, 4.69) is 31.1 Å². The Labute approximate surface area is 151 Å². The van der Waals surface area contributed by atoms with Crippen molar-refractivity contribution >= 4 is 28.4 Å². The number of benzene rings is 2. The van der Waals surface area contributed by atoms with E-state index in [1.54, 1.807) is 6.07 Å². The summed E-state index contributed by atoms with van der Waals surface area (Å²) in [6, 6.07) is 9.99. The van der Waals surface area contributed by atoms with Crippen molar-refractivity contribution in [2.24, 2.45) is 5.41 Å². The fourth-order valence-corrected chi connectivity index (χ4v) is 3.68. The molecule has 0 spiro atoms. The van der Waals surface area contributed by atoms with E-state index in [0.29, 0.717) is 28.4 Å². The van der Waals surface area contributed by atoms with Gasteiger partial charge in [0.15, 0.2) is 11.4 Å². The lowest BCUT2D eigenvalue weighted by molar-refractivity contribution is 0.299. The molecule has 0 saturated carbocycles. The second-order valence-electron chi connectivity index (χ2n) is 7.57. The first-order valence-corrected chi connectivity index (χ1v) is 8.87. The zero-order valence-electron chi connectivity index (χ0n) is 14.4. The maximum Gasteiger partial charge on any atom is 0.174 e. The van der Waals surface area contributed by atoms with Crippen LogP contribution in [0.25, 0.3) is 11.0 Å². The van der Waals surface area contributed by atoms with Crippen molar-refractivity contribution in [1.82, 2.24) is 5.16 Å². The predicted octanol–water partition coefficient (Wildman–Crippen LogP) is 5.16. The third kappa shape index (κ3) is 3.19. The van der Waals surface area contributed by atoms with Crippen molar-refractivity contribution in [2.75, 3.05) is 5.73 Å². The van der Waals surface area contributed by atoms with Gasteiger partial charge < -0.3 is 15.0 Å². The maximum absolute atomic E-state index is 6.34. The van der Waals surface area contributed by atoms with Crippen LogP contribution >= 0.6 is 11.6 Å². The van der Waals surface area contributed by atoms with Gasteiger partial charge in [-0.15, -0.1) is 0 Å². The minimum absolute atomic E-state index is 0.349. The van der Waals surface area contributed by atoms with Gasteiger partial charge in [-0.25, -0.2) is 0 Å². The van der Waals surface area contributed by atoms with E-state index in [1.165, 1.54) is 17.5 Å². The lowest BCUT2D eigenvalue weighted by Crippen LogP contribution is -2.22. The smallest absolute Gasteiger partial charge is 0.174 e. The molecule has 2 aromatic carbocycles. The molecule has 4 nitrogen and oxygen atoms in total. The second-order valence-corrected chi connectivity index (χ2v) is 7.97. The number of anilines is 1. The number of hydrogen-bond donors (Lipinski definition) is 1. The highest BCUT2D eigenvalue weighted by Gasteiger charge is 2.25. The number of nitrogens with zero attached hydrogens (tertiary/aromatic N) is 1. The molecule has 1 aliphatic rings. The van der Waals surface area contributed by atoms with Crippen LogP contribution in [0.3, 0.4) is 0 Å². The highest BCUT2D eigenvalue weighted by Crippen LogP contribution is 2.36. The predicted molar refractivity (Wildman–Crippen MR) is 100 cm³/mol. The van der Waals surface area contributed by atoms with Crippen molar-refractivity contribution in [2.45, 2.75) is 39.7 Å². The Morgan fingerprint density at radius 3 is 2.92 bits per heavy atom. The third-order valence-electron chi connectivity index (χ3n) is 4.98. The van der Waals surface area contributed by atoms with Crippen LogP contribution in [0.1, 0.15) is 37.0 Å². The zero-order valence-corrected chi connectivity index (χ0v) is 15.2. The molecule has 0 bridgehead atoms. The molecule has 3 aromatic rings. The van der Waals surface area contributed by atoms with E-state index in [4.69, 9.17) is 26.6 Å². The zero-order chi connectivity index (χ0) is 17.6.